The van der Waals surface area contributed by atoms with Gasteiger partial charge in [0.2, 0.25) is 11.8 Å². The summed E-state index contributed by atoms with van der Waals surface area (Å²) >= 11 is 0. The molecule has 2 aliphatic carbocycles. The topological polar surface area (TPSA) is 109 Å². The SMILES string of the molecule is COCC(F)(F)C1CCC(NC(=O)[C@@H]2CCN(C(=O)c3cc(-c4cc(OC)ncc4F)n[nH]3)C3(CC3)C2)CC1. The maximum atomic E-state index is 14.3. The fourth-order valence-corrected chi connectivity index (χ4v) is 6.08. The number of rotatable bonds is 8. The fourth-order valence-electron chi connectivity index (χ4n) is 6.08. The molecule has 3 heterocycles. The summed E-state index contributed by atoms with van der Waals surface area (Å²) in [5, 5.41) is 9.95. The molecule has 12 heteroatoms. The lowest BCUT2D eigenvalue weighted by atomic mass is 9.81. The standard InChI is InChI=1S/C27H34F3N5O4/c1-38-15-27(29,30)17-3-5-18(6-4-17)32-24(36)16-7-10-35(26(13-16)8-9-26)25(37)22-12-21(33-34-22)19-11-23(39-2)31-14-20(19)28/h11-12,14,16-18H,3-10,13,15H2,1-2H3,(H,32,36)(H,33,34)/t16-,17?,18?/m1/s1. The van der Waals surface area contributed by atoms with Gasteiger partial charge < -0.3 is 19.7 Å². The van der Waals surface area contributed by atoms with E-state index < -0.39 is 24.3 Å². The number of ether oxygens (including phenoxy) is 2. The second-order valence-electron chi connectivity index (χ2n) is 11.0. The minimum absolute atomic E-state index is 0.0635. The van der Waals surface area contributed by atoms with Crippen LogP contribution in [0, 0.1) is 17.7 Å². The molecule has 2 aromatic rings. The lowest BCUT2D eigenvalue weighted by Gasteiger charge is -2.40. The molecular weight excluding hydrogens is 515 g/mol. The number of alkyl halides is 2. The molecule has 2 aromatic heterocycles. The van der Waals surface area contributed by atoms with Crippen molar-refractivity contribution in [2.45, 2.75) is 68.9 Å². The molecule has 1 saturated heterocycles. The summed E-state index contributed by atoms with van der Waals surface area (Å²) in [6, 6.07) is 2.82. The van der Waals surface area contributed by atoms with Crippen molar-refractivity contribution in [3.63, 3.8) is 0 Å². The van der Waals surface area contributed by atoms with Gasteiger partial charge in [0.15, 0.2) is 5.82 Å². The van der Waals surface area contributed by atoms with Crippen LogP contribution >= 0.6 is 0 Å². The minimum atomic E-state index is -2.85. The number of aromatic amines is 1. The molecule has 2 amide bonds. The zero-order valence-corrected chi connectivity index (χ0v) is 22.1. The molecule has 5 rings (SSSR count). The highest BCUT2D eigenvalue weighted by Gasteiger charge is 2.55. The monoisotopic (exact) mass is 549 g/mol. The molecule has 2 N–H and O–H groups in total. The summed E-state index contributed by atoms with van der Waals surface area (Å²) in [5.74, 6) is -4.46. The summed E-state index contributed by atoms with van der Waals surface area (Å²) in [5.41, 5.74) is 0.306. The first-order valence-corrected chi connectivity index (χ1v) is 13.4. The molecule has 212 valence electrons. The Morgan fingerprint density at radius 2 is 1.92 bits per heavy atom. The summed E-state index contributed by atoms with van der Waals surface area (Å²) in [7, 11) is 2.71. The van der Waals surface area contributed by atoms with Crippen molar-refractivity contribution in [1.29, 1.82) is 0 Å². The first kappa shape index (κ1) is 27.4. The largest absolute Gasteiger partial charge is 0.481 e. The highest BCUT2D eigenvalue weighted by atomic mass is 19.3. The van der Waals surface area contributed by atoms with Gasteiger partial charge >= 0.3 is 0 Å². The summed E-state index contributed by atoms with van der Waals surface area (Å²) in [6.07, 6.45) is 5.46. The Morgan fingerprint density at radius 3 is 2.59 bits per heavy atom. The van der Waals surface area contributed by atoms with Crippen LogP contribution in [0.4, 0.5) is 13.2 Å². The van der Waals surface area contributed by atoms with E-state index in [2.05, 4.69) is 25.2 Å². The van der Waals surface area contributed by atoms with Gasteiger partial charge in [-0.25, -0.2) is 18.2 Å². The van der Waals surface area contributed by atoms with E-state index in [1.54, 1.807) is 4.90 Å². The van der Waals surface area contributed by atoms with Crippen LogP contribution in [0.15, 0.2) is 18.3 Å². The number of nitrogens with zero attached hydrogens (tertiary/aromatic N) is 3. The lowest BCUT2D eigenvalue weighted by Crippen LogP contribution is -2.52. The van der Waals surface area contributed by atoms with Gasteiger partial charge in [0.05, 0.1) is 19.0 Å². The van der Waals surface area contributed by atoms with Crippen LogP contribution in [0.25, 0.3) is 11.3 Å². The van der Waals surface area contributed by atoms with Crippen molar-refractivity contribution in [3.8, 4) is 17.1 Å². The van der Waals surface area contributed by atoms with Gasteiger partial charge in [-0.3, -0.25) is 14.7 Å². The van der Waals surface area contributed by atoms with Gasteiger partial charge in [0.25, 0.3) is 11.8 Å². The highest BCUT2D eigenvalue weighted by Crippen LogP contribution is 2.50. The molecular formula is C27H34F3N5O4. The number of amides is 2. The molecule has 1 aliphatic heterocycles. The molecule has 9 nitrogen and oxygen atoms in total. The van der Waals surface area contributed by atoms with Crippen LogP contribution in [0.3, 0.4) is 0 Å². The van der Waals surface area contributed by atoms with E-state index in [1.807, 2.05) is 0 Å². The minimum Gasteiger partial charge on any atom is -0.481 e. The van der Waals surface area contributed by atoms with E-state index in [9.17, 15) is 22.8 Å². The molecule has 1 spiro atoms. The van der Waals surface area contributed by atoms with E-state index in [0.29, 0.717) is 45.1 Å². The number of halogens is 3. The van der Waals surface area contributed by atoms with Crippen molar-refractivity contribution < 1.29 is 32.2 Å². The van der Waals surface area contributed by atoms with Gasteiger partial charge in [-0.05, 0) is 57.4 Å². The van der Waals surface area contributed by atoms with Gasteiger partial charge in [-0.1, -0.05) is 0 Å². The molecule has 3 aliphatic rings. The number of nitrogens with one attached hydrogen (secondary N) is 2. The third-order valence-electron chi connectivity index (χ3n) is 8.47. The maximum Gasteiger partial charge on any atom is 0.273 e. The second-order valence-corrected chi connectivity index (χ2v) is 11.0. The number of hydrogen-bond donors (Lipinski definition) is 2. The van der Waals surface area contributed by atoms with Gasteiger partial charge in [-0.15, -0.1) is 0 Å². The van der Waals surface area contributed by atoms with Crippen molar-refractivity contribution >= 4 is 11.8 Å². The molecule has 0 aromatic carbocycles. The number of hydrogen-bond acceptors (Lipinski definition) is 6. The van der Waals surface area contributed by atoms with Gasteiger partial charge in [-0.2, -0.15) is 5.10 Å². The average Bonchev–Trinajstić information content (AvgIpc) is 3.50. The molecule has 0 bridgehead atoms. The summed E-state index contributed by atoms with van der Waals surface area (Å²) in [4.78, 5) is 32.1. The number of piperidine rings is 1. The molecule has 3 fully saturated rings. The number of likely N-dealkylation sites (tertiary alicyclic amines) is 1. The summed E-state index contributed by atoms with van der Waals surface area (Å²) in [6.45, 7) is -0.165. The third kappa shape index (κ3) is 5.61. The van der Waals surface area contributed by atoms with Crippen molar-refractivity contribution in [2.24, 2.45) is 11.8 Å². The normalized spacial score (nSPS) is 24.4. The molecule has 0 radical (unpaired) electrons. The highest BCUT2D eigenvalue weighted by molar-refractivity contribution is 5.94. The third-order valence-corrected chi connectivity index (χ3v) is 8.47. The van der Waals surface area contributed by atoms with E-state index >= 15 is 0 Å². The Kier molecular flexibility index (Phi) is 7.58. The van der Waals surface area contributed by atoms with Crippen LogP contribution < -0.4 is 10.1 Å². The van der Waals surface area contributed by atoms with Crippen LogP contribution in [0.2, 0.25) is 0 Å². The number of carbonyl (C=O) groups excluding carboxylic acids is 2. The van der Waals surface area contributed by atoms with E-state index in [0.717, 1.165) is 19.0 Å². The van der Waals surface area contributed by atoms with Crippen LogP contribution in [0.5, 0.6) is 5.88 Å². The Morgan fingerprint density at radius 1 is 1.18 bits per heavy atom. The number of pyridine rings is 1. The molecule has 2 saturated carbocycles. The fraction of sp³-hybridized carbons (Fsp3) is 0.630. The Bertz CT molecular complexity index is 1210. The Hall–Kier alpha value is -3.15. The van der Waals surface area contributed by atoms with Crippen LogP contribution in [-0.4, -0.2) is 76.8 Å². The van der Waals surface area contributed by atoms with Crippen LogP contribution in [0.1, 0.15) is 61.9 Å². The predicted octanol–water partition coefficient (Wildman–Crippen LogP) is 3.96. The molecule has 0 unspecified atom stereocenters. The zero-order chi connectivity index (χ0) is 27.8. The van der Waals surface area contributed by atoms with E-state index in [-0.39, 0.29) is 52.1 Å². The van der Waals surface area contributed by atoms with E-state index in [4.69, 9.17) is 4.74 Å². The first-order chi connectivity index (χ1) is 18.7. The average molecular weight is 550 g/mol. The molecule has 1 atom stereocenters. The van der Waals surface area contributed by atoms with Crippen LogP contribution in [-0.2, 0) is 9.53 Å². The lowest BCUT2D eigenvalue weighted by molar-refractivity contribution is -0.130. The zero-order valence-electron chi connectivity index (χ0n) is 22.1. The molecule has 39 heavy (non-hydrogen) atoms. The van der Waals surface area contributed by atoms with Crippen molar-refractivity contribution in [1.82, 2.24) is 25.4 Å². The first-order valence-electron chi connectivity index (χ1n) is 13.4. The Labute approximate surface area is 224 Å². The quantitative estimate of drug-likeness (QED) is 0.516. The van der Waals surface area contributed by atoms with Crippen molar-refractivity contribution in [2.75, 3.05) is 27.4 Å². The van der Waals surface area contributed by atoms with E-state index in [1.165, 1.54) is 26.4 Å². The number of H-pyrrole nitrogens is 1. The smallest absolute Gasteiger partial charge is 0.273 e. The second kappa shape index (κ2) is 10.8. The predicted molar refractivity (Wildman–Crippen MR) is 135 cm³/mol. The Balaban J connectivity index is 1.18. The van der Waals surface area contributed by atoms with Gasteiger partial charge in [0, 0.05) is 48.7 Å². The number of aromatic nitrogens is 3. The number of carbonyl (C=O) groups is 2. The maximum absolute atomic E-state index is 14.3. The van der Waals surface area contributed by atoms with Crippen molar-refractivity contribution in [3.05, 3.63) is 29.8 Å². The summed E-state index contributed by atoms with van der Waals surface area (Å²) < 4.78 is 52.4. The van der Waals surface area contributed by atoms with Gasteiger partial charge in [0.1, 0.15) is 12.3 Å². The number of methoxy groups -OCH3 is 2.